The molecule has 1 fully saturated rings. The van der Waals surface area contributed by atoms with Crippen LogP contribution in [0, 0.1) is 11.3 Å². The van der Waals surface area contributed by atoms with Gasteiger partial charge in [-0.1, -0.05) is 11.6 Å². The molecule has 0 radical (unpaired) electrons. The summed E-state index contributed by atoms with van der Waals surface area (Å²) < 4.78 is 5.27. The van der Waals surface area contributed by atoms with Gasteiger partial charge in [-0.25, -0.2) is 4.79 Å². The van der Waals surface area contributed by atoms with E-state index < -0.39 is 5.63 Å². The molecule has 4 rings (SSSR count). The Morgan fingerprint density at radius 1 is 1.04 bits per heavy atom. The summed E-state index contributed by atoms with van der Waals surface area (Å²) in [6.07, 6.45) is 0. The van der Waals surface area contributed by atoms with Gasteiger partial charge in [0.15, 0.2) is 0 Å². The summed E-state index contributed by atoms with van der Waals surface area (Å²) in [7, 11) is 0. The fraction of sp³-hybridized carbons (Fsp3) is 0.190. The Labute approximate surface area is 166 Å². The van der Waals surface area contributed by atoms with Crippen molar-refractivity contribution in [3.8, 4) is 6.07 Å². The lowest BCUT2D eigenvalue weighted by molar-refractivity contribution is 0.0742. The van der Waals surface area contributed by atoms with Crippen LogP contribution in [-0.4, -0.2) is 37.0 Å². The Kier molecular flexibility index (Phi) is 4.76. The molecule has 7 heteroatoms. The predicted octanol–water partition coefficient (Wildman–Crippen LogP) is 3.28. The fourth-order valence-electron chi connectivity index (χ4n) is 3.33. The van der Waals surface area contributed by atoms with E-state index in [9.17, 15) is 9.59 Å². The number of benzene rings is 2. The van der Waals surface area contributed by atoms with E-state index >= 15 is 0 Å². The molecule has 0 spiro atoms. The van der Waals surface area contributed by atoms with Crippen molar-refractivity contribution in [2.75, 3.05) is 31.1 Å². The van der Waals surface area contributed by atoms with Crippen LogP contribution in [-0.2, 0) is 0 Å². The smallest absolute Gasteiger partial charge is 0.349 e. The van der Waals surface area contributed by atoms with Crippen LogP contribution in [0.3, 0.4) is 0 Å². The number of carbonyl (C=O) groups excluding carboxylic acids is 1. The van der Waals surface area contributed by atoms with E-state index in [-0.39, 0.29) is 11.5 Å². The Hall–Kier alpha value is -3.30. The van der Waals surface area contributed by atoms with Gasteiger partial charge in [-0.15, -0.1) is 0 Å². The predicted molar refractivity (Wildman–Crippen MR) is 107 cm³/mol. The molecule has 1 saturated heterocycles. The monoisotopic (exact) mass is 393 g/mol. The summed E-state index contributed by atoms with van der Waals surface area (Å²) in [5.41, 5.74) is 1.39. The maximum atomic E-state index is 12.9. The number of halogens is 1. The van der Waals surface area contributed by atoms with Gasteiger partial charge in [0, 0.05) is 42.3 Å². The Morgan fingerprint density at radius 3 is 2.43 bits per heavy atom. The fourth-order valence-corrected chi connectivity index (χ4v) is 3.51. The van der Waals surface area contributed by atoms with Gasteiger partial charge in [0.2, 0.25) is 0 Å². The highest BCUT2D eigenvalue weighted by Gasteiger charge is 2.25. The molecular weight excluding hydrogens is 378 g/mol. The van der Waals surface area contributed by atoms with Crippen LogP contribution in [0.15, 0.2) is 57.7 Å². The van der Waals surface area contributed by atoms with E-state index in [1.54, 1.807) is 41.3 Å². The lowest BCUT2D eigenvalue weighted by atomic mass is 10.1. The van der Waals surface area contributed by atoms with E-state index in [2.05, 4.69) is 11.0 Å². The van der Waals surface area contributed by atoms with Gasteiger partial charge in [-0.2, -0.15) is 5.26 Å². The highest BCUT2D eigenvalue weighted by molar-refractivity contribution is 6.31. The quantitative estimate of drug-likeness (QED) is 0.624. The second-order valence-electron chi connectivity index (χ2n) is 6.57. The average Bonchev–Trinajstić information content (AvgIpc) is 2.73. The molecule has 0 unspecified atom stereocenters. The summed E-state index contributed by atoms with van der Waals surface area (Å²) >= 11 is 5.99. The molecule has 0 atom stereocenters. The molecule has 3 aromatic rings. The number of nitrogens with zero attached hydrogens (tertiary/aromatic N) is 3. The number of hydrogen-bond acceptors (Lipinski definition) is 5. The first-order valence-corrected chi connectivity index (χ1v) is 9.21. The molecule has 2 aromatic carbocycles. The van der Waals surface area contributed by atoms with E-state index in [1.807, 2.05) is 12.1 Å². The van der Waals surface area contributed by atoms with E-state index in [0.717, 1.165) is 5.69 Å². The number of rotatable bonds is 2. The van der Waals surface area contributed by atoms with Crippen molar-refractivity contribution in [1.82, 2.24) is 4.90 Å². The summed E-state index contributed by atoms with van der Waals surface area (Å²) in [6.45, 7) is 2.27. The standard InChI is InChI=1S/C21H16ClN3O3/c22-16-3-6-19-15(11-16)12-18(21(27)28-19)20(26)25-9-7-24(8-10-25)17-4-1-14(13-23)2-5-17/h1-6,11-12H,7-10H2. The first-order valence-electron chi connectivity index (χ1n) is 8.83. The van der Waals surface area contributed by atoms with Crippen LogP contribution in [0.5, 0.6) is 0 Å². The van der Waals surface area contributed by atoms with E-state index in [0.29, 0.717) is 47.7 Å². The molecule has 0 aliphatic carbocycles. The highest BCUT2D eigenvalue weighted by Crippen LogP contribution is 2.21. The molecular formula is C21H16ClN3O3. The SMILES string of the molecule is N#Cc1ccc(N2CCN(C(=O)c3cc4cc(Cl)ccc4oc3=O)CC2)cc1. The minimum atomic E-state index is -0.644. The third kappa shape index (κ3) is 3.45. The van der Waals surface area contributed by atoms with Crippen molar-refractivity contribution >= 4 is 34.2 Å². The number of nitriles is 1. The molecule has 2 heterocycles. The first-order chi connectivity index (χ1) is 13.5. The van der Waals surface area contributed by atoms with Gasteiger partial charge >= 0.3 is 5.63 Å². The Balaban J connectivity index is 1.51. The number of fused-ring (bicyclic) bond motifs is 1. The highest BCUT2D eigenvalue weighted by atomic mass is 35.5. The molecule has 1 aliphatic rings. The summed E-state index contributed by atoms with van der Waals surface area (Å²) in [5, 5.41) is 10.0. The minimum absolute atomic E-state index is 0.0154. The molecule has 0 N–H and O–H groups in total. The topological polar surface area (TPSA) is 77.6 Å². The number of carbonyl (C=O) groups is 1. The zero-order chi connectivity index (χ0) is 19.7. The van der Waals surface area contributed by atoms with Crippen molar-refractivity contribution in [1.29, 1.82) is 5.26 Å². The Morgan fingerprint density at radius 2 is 1.75 bits per heavy atom. The molecule has 1 aromatic heterocycles. The molecule has 28 heavy (non-hydrogen) atoms. The van der Waals surface area contributed by atoms with Gasteiger partial charge in [0.25, 0.3) is 5.91 Å². The second kappa shape index (κ2) is 7.37. The van der Waals surface area contributed by atoms with Crippen LogP contribution in [0.4, 0.5) is 5.69 Å². The van der Waals surface area contributed by atoms with Gasteiger partial charge in [-0.05, 0) is 48.5 Å². The van der Waals surface area contributed by atoms with Crippen LogP contribution in [0.25, 0.3) is 11.0 Å². The van der Waals surface area contributed by atoms with Crippen LogP contribution >= 0.6 is 11.6 Å². The summed E-state index contributed by atoms with van der Waals surface area (Å²) in [4.78, 5) is 28.9. The first kappa shape index (κ1) is 18.1. The van der Waals surface area contributed by atoms with Gasteiger partial charge in [-0.3, -0.25) is 4.79 Å². The lowest BCUT2D eigenvalue weighted by Gasteiger charge is -2.36. The van der Waals surface area contributed by atoms with Gasteiger partial charge in [0.1, 0.15) is 11.1 Å². The zero-order valence-corrected chi connectivity index (χ0v) is 15.6. The number of piperazine rings is 1. The van der Waals surface area contributed by atoms with Crippen LogP contribution in [0.2, 0.25) is 5.02 Å². The Bertz CT molecular complexity index is 1140. The van der Waals surface area contributed by atoms with Gasteiger partial charge < -0.3 is 14.2 Å². The number of amides is 1. The minimum Gasteiger partial charge on any atom is -0.422 e. The average molecular weight is 394 g/mol. The zero-order valence-electron chi connectivity index (χ0n) is 14.9. The molecule has 1 aliphatic heterocycles. The van der Waals surface area contributed by atoms with Crippen molar-refractivity contribution in [2.45, 2.75) is 0 Å². The molecule has 0 bridgehead atoms. The third-order valence-corrected chi connectivity index (χ3v) is 5.09. The summed E-state index contributed by atoms with van der Waals surface area (Å²) in [5.74, 6) is -0.338. The van der Waals surface area contributed by atoms with Crippen molar-refractivity contribution in [3.05, 3.63) is 75.1 Å². The largest absolute Gasteiger partial charge is 0.422 e. The number of anilines is 1. The normalized spacial score (nSPS) is 14.1. The van der Waals surface area contributed by atoms with Crippen molar-refractivity contribution < 1.29 is 9.21 Å². The van der Waals surface area contributed by atoms with Crippen molar-refractivity contribution in [3.63, 3.8) is 0 Å². The van der Waals surface area contributed by atoms with Crippen molar-refractivity contribution in [2.24, 2.45) is 0 Å². The molecule has 0 saturated carbocycles. The van der Waals surface area contributed by atoms with Gasteiger partial charge in [0.05, 0.1) is 11.6 Å². The molecule has 1 amide bonds. The lowest BCUT2D eigenvalue weighted by Crippen LogP contribution is -2.49. The van der Waals surface area contributed by atoms with E-state index in [4.69, 9.17) is 21.3 Å². The molecule has 140 valence electrons. The second-order valence-corrected chi connectivity index (χ2v) is 7.00. The maximum absolute atomic E-state index is 12.9. The van der Waals surface area contributed by atoms with Crippen LogP contribution in [0.1, 0.15) is 15.9 Å². The third-order valence-electron chi connectivity index (χ3n) is 4.85. The summed E-state index contributed by atoms with van der Waals surface area (Å²) in [6, 6.07) is 15.9. The number of hydrogen-bond donors (Lipinski definition) is 0. The van der Waals surface area contributed by atoms with Crippen LogP contribution < -0.4 is 10.5 Å². The van der Waals surface area contributed by atoms with E-state index in [1.165, 1.54) is 0 Å². The maximum Gasteiger partial charge on any atom is 0.349 e. The molecule has 6 nitrogen and oxygen atoms in total.